The van der Waals surface area contributed by atoms with Crippen LogP contribution in [0.3, 0.4) is 0 Å². The molecule has 2 aromatic rings. The quantitative estimate of drug-likeness (QED) is 0.666. The number of primary amides is 1. The first kappa shape index (κ1) is 19.0. The van der Waals surface area contributed by atoms with Gasteiger partial charge in [-0.15, -0.1) is 0 Å². The van der Waals surface area contributed by atoms with Gasteiger partial charge in [-0.2, -0.15) is 0 Å². The Morgan fingerprint density at radius 3 is 2.23 bits per heavy atom. The van der Waals surface area contributed by atoms with Crippen LogP contribution in [0.4, 0.5) is 5.69 Å². The number of anilines is 1. The number of nitrogens with one attached hydrogen (secondary N) is 2. The summed E-state index contributed by atoms with van der Waals surface area (Å²) in [7, 11) is 0. The van der Waals surface area contributed by atoms with E-state index in [1.807, 2.05) is 24.3 Å². The molecular weight excluding hydrogens is 334 g/mol. The van der Waals surface area contributed by atoms with E-state index in [0.29, 0.717) is 17.0 Å². The smallest absolute Gasteiger partial charge is 0.262 e. The van der Waals surface area contributed by atoms with Crippen LogP contribution in [0.1, 0.15) is 22.8 Å². The Kier molecular flexibility index (Phi) is 6.73. The minimum atomic E-state index is -0.619. The van der Waals surface area contributed by atoms with Gasteiger partial charge in [0, 0.05) is 11.3 Å². The molecule has 0 spiro atoms. The molecule has 4 N–H and O–H groups in total. The molecule has 0 saturated carbocycles. The highest BCUT2D eigenvalue weighted by molar-refractivity contribution is 5.97. The first-order valence-corrected chi connectivity index (χ1v) is 8.16. The number of nitrogens with two attached hydrogens (primary N) is 1. The number of carbonyl (C=O) groups is 3. The predicted octanol–water partition coefficient (Wildman–Crippen LogP) is 1.48. The van der Waals surface area contributed by atoms with Crippen molar-refractivity contribution in [3.8, 4) is 5.75 Å². The lowest BCUT2D eigenvalue weighted by molar-refractivity contribution is -0.118. The highest BCUT2D eigenvalue weighted by Gasteiger charge is 2.08. The van der Waals surface area contributed by atoms with Gasteiger partial charge in [-0.05, 0) is 48.4 Å². The number of carbonyl (C=O) groups excluding carboxylic acids is 3. The van der Waals surface area contributed by atoms with Crippen LogP contribution in [0, 0.1) is 0 Å². The van der Waals surface area contributed by atoms with E-state index in [2.05, 4.69) is 17.6 Å². The van der Waals surface area contributed by atoms with Crippen molar-refractivity contribution in [3.63, 3.8) is 0 Å². The maximum atomic E-state index is 11.9. The van der Waals surface area contributed by atoms with Crippen molar-refractivity contribution in [2.45, 2.75) is 13.3 Å². The molecule has 0 heterocycles. The molecule has 0 saturated heterocycles. The zero-order valence-electron chi connectivity index (χ0n) is 14.5. The lowest BCUT2D eigenvalue weighted by atomic mass is 10.2. The van der Waals surface area contributed by atoms with Gasteiger partial charge in [-0.25, -0.2) is 0 Å². The molecule has 136 valence electrons. The summed E-state index contributed by atoms with van der Waals surface area (Å²) in [6.07, 6.45) is 0.942. The molecule has 0 aromatic heterocycles. The molecule has 2 rings (SSSR count). The normalized spacial score (nSPS) is 10.0. The van der Waals surface area contributed by atoms with Gasteiger partial charge < -0.3 is 21.1 Å². The van der Waals surface area contributed by atoms with E-state index in [1.165, 1.54) is 17.7 Å². The van der Waals surface area contributed by atoms with Crippen LogP contribution >= 0.6 is 0 Å². The summed E-state index contributed by atoms with van der Waals surface area (Å²) in [5.74, 6) is -0.721. The summed E-state index contributed by atoms with van der Waals surface area (Å²) in [5, 5.41) is 5.07. The number of hydrogen-bond donors (Lipinski definition) is 3. The van der Waals surface area contributed by atoms with Crippen LogP contribution in [0.25, 0.3) is 0 Å². The van der Waals surface area contributed by atoms with E-state index in [-0.39, 0.29) is 19.1 Å². The molecule has 0 aliphatic heterocycles. The van der Waals surface area contributed by atoms with Crippen molar-refractivity contribution in [2.24, 2.45) is 5.73 Å². The zero-order chi connectivity index (χ0) is 18.9. The SMILES string of the molecule is CCc1ccc(OCC(=O)Nc2ccc(C(=O)NCC(N)=O)cc2)cc1. The third-order valence-electron chi connectivity index (χ3n) is 3.56. The summed E-state index contributed by atoms with van der Waals surface area (Å²) in [6.45, 7) is 1.72. The number of hydrogen-bond acceptors (Lipinski definition) is 4. The Morgan fingerprint density at radius 1 is 1.00 bits per heavy atom. The number of aryl methyl sites for hydroxylation is 1. The van der Waals surface area contributed by atoms with E-state index in [0.717, 1.165) is 6.42 Å². The van der Waals surface area contributed by atoms with Crippen LogP contribution < -0.4 is 21.1 Å². The Morgan fingerprint density at radius 2 is 1.65 bits per heavy atom. The maximum absolute atomic E-state index is 11.9. The van der Waals surface area contributed by atoms with E-state index in [4.69, 9.17) is 10.5 Å². The van der Waals surface area contributed by atoms with Gasteiger partial charge in [0.05, 0.1) is 6.54 Å². The third kappa shape index (κ3) is 5.94. The molecule has 0 atom stereocenters. The molecule has 26 heavy (non-hydrogen) atoms. The molecule has 3 amide bonds. The van der Waals surface area contributed by atoms with Gasteiger partial charge in [0.15, 0.2) is 6.61 Å². The van der Waals surface area contributed by atoms with Gasteiger partial charge in [0.2, 0.25) is 5.91 Å². The maximum Gasteiger partial charge on any atom is 0.262 e. The van der Waals surface area contributed by atoms with Crippen LogP contribution in [-0.4, -0.2) is 30.9 Å². The Hall–Kier alpha value is -3.35. The fraction of sp³-hybridized carbons (Fsp3) is 0.211. The Bertz CT molecular complexity index is 770. The molecule has 7 nitrogen and oxygen atoms in total. The second kappa shape index (κ2) is 9.22. The molecule has 0 radical (unpaired) electrons. The van der Waals surface area contributed by atoms with Gasteiger partial charge in [0.25, 0.3) is 11.8 Å². The minimum absolute atomic E-state index is 0.119. The van der Waals surface area contributed by atoms with Crippen molar-refractivity contribution >= 4 is 23.4 Å². The van der Waals surface area contributed by atoms with E-state index >= 15 is 0 Å². The summed E-state index contributed by atoms with van der Waals surface area (Å²) >= 11 is 0. The minimum Gasteiger partial charge on any atom is -0.484 e. The van der Waals surface area contributed by atoms with Crippen LogP contribution in [0.15, 0.2) is 48.5 Å². The standard InChI is InChI=1S/C19H21N3O4/c1-2-13-3-9-16(10-4-13)26-12-18(24)22-15-7-5-14(6-8-15)19(25)21-11-17(20)23/h3-10H,2,11-12H2,1H3,(H2,20,23)(H,21,25)(H,22,24). The average molecular weight is 355 g/mol. The molecule has 0 fully saturated rings. The highest BCUT2D eigenvalue weighted by Crippen LogP contribution is 2.13. The molecule has 0 unspecified atom stereocenters. The average Bonchev–Trinajstić information content (AvgIpc) is 2.65. The third-order valence-corrected chi connectivity index (χ3v) is 3.56. The molecule has 2 aromatic carbocycles. The van der Waals surface area contributed by atoms with Crippen molar-refractivity contribution in [1.82, 2.24) is 5.32 Å². The van der Waals surface area contributed by atoms with Crippen molar-refractivity contribution in [2.75, 3.05) is 18.5 Å². The van der Waals surface area contributed by atoms with Gasteiger partial charge in [-0.1, -0.05) is 19.1 Å². The fourth-order valence-electron chi connectivity index (χ4n) is 2.14. The Balaban J connectivity index is 1.82. The largest absolute Gasteiger partial charge is 0.484 e. The number of benzene rings is 2. The molecular formula is C19H21N3O4. The van der Waals surface area contributed by atoms with Crippen molar-refractivity contribution < 1.29 is 19.1 Å². The summed E-state index contributed by atoms with van der Waals surface area (Å²) < 4.78 is 5.44. The van der Waals surface area contributed by atoms with Crippen molar-refractivity contribution in [1.29, 1.82) is 0 Å². The first-order chi connectivity index (χ1) is 12.5. The topological polar surface area (TPSA) is 111 Å². The van der Waals surface area contributed by atoms with Crippen LogP contribution in [-0.2, 0) is 16.0 Å². The highest BCUT2D eigenvalue weighted by atomic mass is 16.5. The second-order valence-corrected chi connectivity index (χ2v) is 5.56. The van der Waals surface area contributed by atoms with E-state index in [9.17, 15) is 14.4 Å². The molecule has 0 bridgehead atoms. The fourth-order valence-corrected chi connectivity index (χ4v) is 2.14. The number of ether oxygens (including phenoxy) is 1. The number of rotatable bonds is 8. The summed E-state index contributed by atoms with van der Waals surface area (Å²) in [6, 6.07) is 13.8. The Labute approximate surface area is 151 Å². The van der Waals surface area contributed by atoms with Gasteiger partial charge >= 0.3 is 0 Å². The molecule has 0 aliphatic carbocycles. The first-order valence-electron chi connectivity index (χ1n) is 8.16. The zero-order valence-corrected chi connectivity index (χ0v) is 14.5. The lowest BCUT2D eigenvalue weighted by Crippen LogP contribution is -2.33. The number of amides is 3. The van der Waals surface area contributed by atoms with Crippen molar-refractivity contribution in [3.05, 3.63) is 59.7 Å². The monoisotopic (exact) mass is 355 g/mol. The van der Waals surface area contributed by atoms with E-state index < -0.39 is 11.8 Å². The lowest BCUT2D eigenvalue weighted by Gasteiger charge is -2.09. The van der Waals surface area contributed by atoms with Crippen LogP contribution in [0.2, 0.25) is 0 Å². The molecule has 0 aliphatic rings. The summed E-state index contributed by atoms with van der Waals surface area (Å²) in [4.78, 5) is 34.4. The van der Waals surface area contributed by atoms with Crippen LogP contribution in [0.5, 0.6) is 5.75 Å². The predicted molar refractivity (Wildman–Crippen MR) is 97.9 cm³/mol. The van der Waals surface area contributed by atoms with E-state index in [1.54, 1.807) is 12.1 Å². The second-order valence-electron chi connectivity index (χ2n) is 5.56. The van der Waals surface area contributed by atoms with Gasteiger partial charge in [0.1, 0.15) is 5.75 Å². The summed E-state index contributed by atoms with van der Waals surface area (Å²) in [5.41, 5.74) is 7.06. The van der Waals surface area contributed by atoms with Gasteiger partial charge in [-0.3, -0.25) is 14.4 Å². The molecule has 7 heteroatoms.